The molecule has 2 N–H and O–H groups in total. The number of nitrogens with zero attached hydrogens (tertiary/aromatic N) is 5. The van der Waals surface area contributed by atoms with Gasteiger partial charge in [-0.3, -0.25) is 10.2 Å². The highest BCUT2D eigenvalue weighted by molar-refractivity contribution is 7.23. The van der Waals surface area contributed by atoms with Crippen LogP contribution in [0.2, 0.25) is 5.02 Å². The molecule has 5 atom stereocenters. The van der Waals surface area contributed by atoms with Gasteiger partial charge >= 0.3 is 12.1 Å². The van der Waals surface area contributed by atoms with E-state index in [9.17, 15) is 17.2 Å². The molecule has 52 heavy (non-hydrogen) atoms. The van der Waals surface area contributed by atoms with Gasteiger partial charge in [-0.15, -0.1) is 11.3 Å². The van der Waals surface area contributed by atoms with Gasteiger partial charge in [0.05, 0.1) is 30.3 Å². The molecule has 0 aliphatic carbocycles. The van der Waals surface area contributed by atoms with E-state index in [1.807, 2.05) is 4.90 Å². The number of aromatic nitrogens is 2. The van der Waals surface area contributed by atoms with Crippen molar-refractivity contribution in [2.24, 2.45) is 0 Å². The van der Waals surface area contributed by atoms with Gasteiger partial charge < -0.3 is 24.4 Å². The summed E-state index contributed by atoms with van der Waals surface area (Å²) < 4.78 is 86.5. The molecule has 2 aromatic carbocycles. The molecule has 272 valence electrons. The van der Waals surface area contributed by atoms with Crippen LogP contribution in [0.4, 0.5) is 24.4 Å². The van der Waals surface area contributed by atoms with Crippen LogP contribution in [-0.4, -0.2) is 89.2 Å². The van der Waals surface area contributed by atoms with E-state index in [-0.39, 0.29) is 99.7 Å². The van der Waals surface area contributed by atoms with Gasteiger partial charge in [0, 0.05) is 50.0 Å². The number of thiophene rings is 1. The van der Waals surface area contributed by atoms with Gasteiger partial charge in [0.1, 0.15) is 47.3 Å². The lowest BCUT2D eigenvalue weighted by Crippen LogP contribution is -2.60. The second-order valence-corrected chi connectivity index (χ2v) is 16.4. The fourth-order valence-electron chi connectivity index (χ4n) is 8.37. The number of rotatable bonds is 5. The summed E-state index contributed by atoms with van der Waals surface area (Å²) >= 11 is 8.30. The zero-order valence-electron chi connectivity index (χ0n) is 32.6. The molecule has 11 nitrogen and oxygen atoms in total. The van der Waals surface area contributed by atoms with E-state index >= 15 is 4.39 Å². The van der Waals surface area contributed by atoms with Crippen molar-refractivity contribution in [3.05, 3.63) is 34.6 Å². The van der Waals surface area contributed by atoms with Gasteiger partial charge in [-0.05, 0) is 64.6 Å². The fraction of sp³-hybridized carbons (Fsp3) is 0.514. The van der Waals surface area contributed by atoms with Crippen molar-refractivity contribution < 1.29 is 33.3 Å². The van der Waals surface area contributed by atoms with Crippen LogP contribution in [0.25, 0.3) is 32.1 Å². The van der Waals surface area contributed by atoms with E-state index in [0.29, 0.717) is 16.6 Å². The SMILES string of the molecule is [2H]C1([2H])CC[C@@]2(C([2H])([2H])Oc3nc4c5c(c(Cl)c(-c6cccc7sc(NC(=O)OC(C)(C)C)c(C#N)c67)c(F)c5n3)OC[C@@H]3[C@@H]5CC[C@H](CN43)N5)C[C@@H](F)CN12. The number of carbonyl (C=O) groups is 1. The van der Waals surface area contributed by atoms with E-state index in [2.05, 4.69) is 21.7 Å². The highest BCUT2D eigenvalue weighted by atomic mass is 35.5. The monoisotopic (exact) mass is 753 g/mol. The highest BCUT2D eigenvalue weighted by Crippen LogP contribution is 2.52. The highest BCUT2D eigenvalue weighted by Gasteiger charge is 2.50. The number of amides is 1. The lowest BCUT2D eigenvalue weighted by Gasteiger charge is -2.40. The van der Waals surface area contributed by atoms with Crippen LogP contribution in [0.5, 0.6) is 11.8 Å². The summed E-state index contributed by atoms with van der Waals surface area (Å²) in [7, 11) is 0. The summed E-state index contributed by atoms with van der Waals surface area (Å²) in [4.78, 5) is 25.2. The number of halogens is 3. The van der Waals surface area contributed by atoms with Crippen LogP contribution in [0.15, 0.2) is 18.2 Å². The number of benzene rings is 2. The van der Waals surface area contributed by atoms with Crippen molar-refractivity contribution in [1.29, 1.82) is 5.26 Å². The molecule has 2 bridgehead atoms. The number of fused-ring (bicyclic) bond motifs is 7. The predicted molar refractivity (Wildman–Crippen MR) is 195 cm³/mol. The molecule has 0 spiro atoms. The summed E-state index contributed by atoms with van der Waals surface area (Å²) in [6, 6.07) is 6.50. The molecule has 2 aromatic heterocycles. The molecule has 4 aromatic rings. The quantitative estimate of drug-likeness (QED) is 0.217. The maximum absolute atomic E-state index is 17.6. The average Bonchev–Trinajstić information content (AvgIpc) is 3.82. The number of nitrogens with one attached hydrogen (secondary N) is 2. The Hall–Kier alpha value is -4.03. The molecular weight excluding hydrogens is 712 g/mol. The van der Waals surface area contributed by atoms with Crippen LogP contribution >= 0.6 is 22.9 Å². The van der Waals surface area contributed by atoms with Crippen LogP contribution < -0.4 is 25.0 Å². The molecule has 4 fully saturated rings. The molecule has 15 heteroatoms. The molecular formula is C37H38ClF2N7O4S. The second kappa shape index (κ2) is 12.3. The Labute approximate surface area is 313 Å². The third kappa shape index (κ3) is 5.42. The zero-order chi connectivity index (χ0) is 39.7. The zero-order valence-corrected chi connectivity index (χ0v) is 30.2. The van der Waals surface area contributed by atoms with Gasteiger partial charge in [0.15, 0.2) is 11.6 Å². The fourth-order valence-corrected chi connectivity index (χ4v) is 9.77. The summed E-state index contributed by atoms with van der Waals surface area (Å²) in [6.45, 7) is 0.821. The molecule has 4 saturated heterocycles. The molecule has 1 amide bonds. The van der Waals surface area contributed by atoms with E-state index in [0.717, 1.165) is 24.2 Å². The minimum atomic E-state index is -2.70. The lowest BCUT2D eigenvalue weighted by molar-refractivity contribution is 0.0636. The first-order valence-electron chi connectivity index (χ1n) is 19.4. The minimum Gasteiger partial charge on any atom is -0.489 e. The van der Waals surface area contributed by atoms with Gasteiger partial charge in [-0.2, -0.15) is 15.2 Å². The number of anilines is 2. The average molecular weight is 754 g/mol. The Morgan fingerprint density at radius 3 is 2.98 bits per heavy atom. The molecule has 0 radical (unpaired) electrons. The second-order valence-electron chi connectivity index (χ2n) is 15.0. The Morgan fingerprint density at radius 1 is 1.33 bits per heavy atom. The Bertz CT molecular complexity index is 2380. The smallest absolute Gasteiger partial charge is 0.412 e. The van der Waals surface area contributed by atoms with Crippen LogP contribution in [0.1, 0.15) is 63.9 Å². The molecule has 5 aliphatic heterocycles. The van der Waals surface area contributed by atoms with Crippen molar-refractivity contribution >= 4 is 60.8 Å². The Morgan fingerprint density at radius 2 is 2.17 bits per heavy atom. The standard InChI is InChI=1S/C37H38ClF2N7O4S/c1-36(2,3)51-35(48)45-33-21(13-41)25-20(6-4-7-24(25)52-33)26-28(38)31-27-30(29(26)40)43-34(50-17-37-10-5-11-46(37)14-18(39)12-37)44-32(27)47-15-19-8-9-22(42-19)23(47)16-49-31/h4,6-7,18-19,22-23,42H,5,8-12,14-17H2,1-3H3,(H,45,48)/t18-,19-,22+,23-,37+/m1/s1/i11D2,17D2. The number of carbonyl (C=O) groups excluding carboxylic acids is 1. The van der Waals surface area contributed by atoms with Crippen LogP contribution in [0, 0.1) is 17.1 Å². The maximum atomic E-state index is 17.6. The number of piperazine rings is 1. The van der Waals surface area contributed by atoms with E-state index < -0.39 is 48.3 Å². The van der Waals surface area contributed by atoms with Crippen LogP contribution in [-0.2, 0) is 4.74 Å². The largest absolute Gasteiger partial charge is 0.489 e. The third-order valence-corrected chi connectivity index (χ3v) is 11.9. The lowest BCUT2D eigenvalue weighted by atomic mass is 9.95. The molecule has 9 rings (SSSR count). The van der Waals surface area contributed by atoms with Gasteiger partial charge in [0.25, 0.3) is 0 Å². The van der Waals surface area contributed by atoms with E-state index in [4.69, 9.17) is 33.5 Å². The first-order valence-corrected chi connectivity index (χ1v) is 18.6. The first kappa shape index (κ1) is 29.4. The number of alkyl halides is 1. The van der Waals surface area contributed by atoms with Crippen molar-refractivity contribution in [2.45, 2.75) is 88.3 Å². The summed E-state index contributed by atoms with van der Waals surface area (Å²) in [5, 5.41) is 17.3. The number of hydrogen-bond acceptors (Lipinski definition) is 11. The summed E-state index contributed by atoms with van der Waals surface area (Å²) in [6.07, 6.45) is -0.823. The predicted octanol–water partition coefficient (Wildman–Crippen LogP) is 7.18. The number of nitriles is 1. The Balaban J connectivity index is 1.23. The van der Waals surface area contributed by atoms with E-state index in [1.165, 1.54) is 4.90 Å². The molecule has 5 aliphatic rings. The normalized spacial score (nSPS) is 28.9. The van der Waals surface area contributed by atoms with Crippen molar-refractivity contribution in [3.8, 4) is 29.0 Å². The maximum Gasteiger partial charge on any atom is 0.412 e. The third-order valence-electron chi connectivity index (χ3n) is 10.5. The number of hydrogen-bond donors (Lipinski definition) is 2. The van der Waals surface area contributed by atoms with Gasteiger partial charge in [-0.25, -0.2) is 13.6 Å². The first-order chi connectivity index (χ1) is 26.4. The van der Waals surface area contributed by atoms with Gasteiger partial charge in [0.2, 0.25) is 0 Å². The van der Waals surface area contributed by atoms with Crippen LogP contribution in [0.3, 0.4) is 0 Å². The van der Waals surface area contributed by atoms with Crippen molar-refractivity contribution in [1.82, 2.24) is 20.2 Å². The van der Waals surface area contributed by atoms with E-state index in [1.54, 1.807) is 39.0 Å². The molecule has 0 unspecified atom stereocenters. The minimum absolute atomic E-state index is 0.00811. The Kier molecular flexibility index (Phi) is 6.94. The van der Waals surface area contributed by atoms with Gasteiger partial charge in [-0.1, -0.05) is 23.7 Å². The molecule has 0 saturated carbocycles. The van der Waals surface area contributed by atoms with Crippen molar-refractivity contribution in [2.75, 3.05) is 43.0 Å². The van der Waals surface area contributed by atoms with Crippen molar-refractivity contribution in [3.63, 3.8) is 0 Å². The topological polar surface area (TPSA) is 125 Å². The summed E-state index contributed by atoms with van der Waals surface area (Å²) in [5.41, 5.74) is -2.59. The molecule has 7 heterocycles. The summed E-state index contributed by atoms with van der Waals surface area (Å²) in [5.74, 6) is -0.560. The number of ether oxygens (including phenoxy) is 3.